The van der Waals surface area contributed by atoms with Crippen LogP contribution in [0.1, 0.15) is 39.5 Å². The van der Waals surface area contributed by atoms with Crippen molar-refractivity contribution in [2.24, 2.45) is 0 Å². The molecular formula is C17H18F2N4O5S. The molecule has 3 N–H and O–H groups in total. The van der Waals surface area contributed by atoms with Crippen LogP contribution in [0.3, 0.4) is 0 Å². The van der Waals surface area contributed by atoms with Crippen LogP contribution in [0, 0.1) is 16.4 Å². The summed E-state index contributed by atoms with van der Waals surface area (Å²) in [6.07, 6.45) is 0. The third-order valence-electron chi connectivity index (χ3n) is 3.85. The molecule has 0 aliphatic heterocycles. The first kappa shape index (κ1) is 22.2. The number of imidazole rings is 1. The lowest BCUT2D eigenvalue weighted by Gasteiger charge is -2.20. The van der Waals surface area contributed by atoms with Crippen LogP contribution in [0.15, 0.2) is 18.2 Å². The first-order valence-corrected chi connectivity index (χ1v) is 8.55. The van der Waals surface area contributed by atoms with Crippen LogP contribution in [-0.2, 0) is 14.3 Å². The Labute approximate surface area is 169 Å². The fourth-order valence-electron chi connectivity index (χ4n) is 2.61. The molecule has 29 heavy (non-hydrogen) atoms. The highest BCUT2D eigenvalue weighted by Crippen LogP contribution is 2.25. The number of H-pyrrole nitrogens is 1. The number of aromatic nitrogens is 2. The lowest BCUT2D eigenvalue weighted by atomic mass is 10.1. The van der Waals surface area contributed by atoms with Crippen molar-refractivity contribution in [3.63, 3.8) is 0 Å². The van der Waals surface area contributed by atoms with E-state index in [4.69, 9.17) is 21.7 Å². The van der Waals surface area contributed by atoms with E-state index in [1.165, 1.54) is 24.7 Å². The Morgan fingerprint density at radius 3 is 2.45 bits per heavy atom. The highest BCUT2D eigenvalue weighted by atomic mass is 32.1. The molecule has 1 heterocycles. The van der Waals surface area contributed by atoms with Crippen LogP contribution in [-0.4, -0.2) is 48.2 Å². The number of halogens is 2. The van der Waals surface area contributed by atoms with Crippen LogP contribution in [0.25, 0.3) is 0 Å². The van der Waals surface area contributed by atoms with Crippen molar-refractivity contribution in [1.29, 1.82) is 0 Å². The summed E-state index contributed by atoms with van der Waals surface area (Å²) in [4.78, 5) is 38.4. The van der Waals surface area contributed by atoms with E-state index < -0.39 is 35.5 Å². The molecule has 156 valence electrons. The standard InChI is InChI=1S/C17H18F2N4O5S/c1-8(24)21-22-15(25)13-14(16(26)28-3)23(17(29)20-13)12(7-27-2)9-4-5-10(18)11(19)6-9/h4-6,12H,7H2,1-3H3,(H,20,29)(H,21,24)(H,22,25). The van der Waals surface area contributed by atoms with Gasteiger partial charge in [0.05, 0.1) is 19.8 Å². The van der Waals surface area contributed by atoms with Gasteiger partial charge < -0.3 is 19.0 Å². The topological polar surface area (TPSA) is 114 Å². The van der Waals surface area contributed by atoms with E-state index in [1.54, 1.807) is 0 Å². The van der Waals surface area contributed by atoms with E-state index in [9.17, 15) is 23.2 Å². The highest BCUT2D eigenvalue weighted by molar-refractivity contribution is 7.71. The van der Waals surface area contributed by atoms with Gasteiger partial charge in [-0.05, 0) is 29.9 Å². The summed E-state index contributed by atoms with van der Waals surface area (Å²) in [7, 11) is 2.46. The first-order chi connectivity index (χ1) is 13.7. The van der Waals surface area contributed by atoms with Crippen molar-refractivity contribution < 1.29 is 32.6 Å². The number of rotatable bonds is 6. The number of hydrazine groups is 1. The summed E-state index contributed by atoms with van der Waals surface area (Å²) in [5.41, 5.74) is 3.85. The molecule has 0 bridgehead atoms. The number of amides is 2. The van der Waals surface area contributed by atoms with E-state index in [2.05, 4.69) is 15.8 Å². The molecule has 0 saturated heterocycles. The average molecular weight is 428 g/mol. The summed E-state index contributed by atoms with van der Waals surface area (Å²) in [6.45, 7) is 1.08. The number of ether oxygens (including phenoxy) is 2. The molecule has 1 aromatic carbocycles. The molecule has 1 aromatic heterocycles. The van der Waals surface area contributed by atoms with Gasteiger partial charge in [0.1, 0.15) is 5.69 Å². The molecule has 9 nitrogen and oxygen atoms in total. The molecule has 2 amide bonds. The van der Waals surface area contributed by atoms with E-state index in [1.807, 2.05) is 0 Å². The minimum Gasteiger partial charge on any atom is -0.464 e. The summed E-state index contributed by atoms with van der Waals surface area (Å²) in [6, 6.07) is 2.27. The maximum atomic E-state index is 13.8. The summed E-state index contributed by atoms with van der Waals surface area (Å²) in [5.74, 6) is -4.49. The molecule has 1 unspecified atom stereocenters. The third-order valence-corrected chi connectivity index (χ3v) is 4.15. The van der Waals surface area contributed by atoms with Crippen molar-refractivity contribution in [3.05, 3.63) is 51.6 Å². The number of methoxy groups -OCH3 is 2. The summed E-state index contributed by atoms with van der Waals surface area (Å²) in [5, 5.41) is 0. The first-order valence-electron chi connectivity index (χ1n) is 8.14. The van der Waals surface area contributed by atoms with Crippen LogP contribution < -0.4 is 10.9 Å². The Kier molecular flexibility index (Phi) is 7.18. The Morgan fingerprint density at radius 1 is 1.21 bits per heavy atom. The van der Waals surface area contributed by atoms with Crippen molar-refractivity contribution in [2.45, 2.75) is 13.0 Å². The molecule has 1 atom stereocenters. The second-order valence-electron chi connectivity index (χ2n) is 5.80. The van der Waals surface area contributed by atoms with Crippen LogP contribution >= 0.6 is 12.2 Å². The molecule has 2 aromatic rings. The number of carbonyl (C=O) groups is 3. The molecule has 0 aliphatic rings. The lowest BCUT2D eigenvalue weighted by molar-refractivity contribution is -0.119. The number of nitrogens with zero attached hydrogens (tertiary/aromatic N) is 1. The van der Waals surface area contributed by atoms with E-state index in [0.29, 0.717) is 0 Å². The van der Waals surface area contributed by atoms with Gasteiger partial charge >= 0.3 is 5.97 Å². The summed E-state index contributed by atoms with van der Waals surface area (Å²) >= 11 is 5.24. The normalized spacial score (nSPS) is 11.6. The van der Waals surface area contributed by atoms with E-state index in [-0.39, 0.29) is 28.3 Å². The number of carbonyl (C=O) groups excluding carboxylic acids is 3. The van der Waals surface area contributed by atoms with E-state index >= 15 is 0 Å². The Balaban J connectivity index is 2.65. The molecule has 12 heteroatoms. The average Bonchev–Trinajstić information content (AvgIpc) is 3.02. The maximum Gasteiger partial charge on any atom is 0.357 e. The smallest absolute Gasteiger partial charge is 0.357 e. The Hall–Kier alpha value is -3.12. The zero-order valence-electron chi connectivity index (χ0n) is 15.7. The molecule has 2 rings (SSSR count). The van der Waals surface area contributed by atoms with Crippen LogP contribution in [0.2, 0.25) is 0 Å². The predicted octanol–water partition coefficient (Wildman–Crippen LogP) is 1.63. The van der Waals surface area contributed by atoms with Gasteiger partial charge in [-0.3, -0.25) is 20.4 Å². The van der Waals surface area contributed by atoms with E-state index in [0.717, 1.165) is 19.2 Å². The SMILES string of the molecule is COCC(c1ccc(F)c(F)c1)n1c(C(=O)OC)c(C(=O)NNC(C)=O)[nH]c1=S. The monoisotopic (exact) mass is 428 g/mol. The maximum absolute atomic E-state index is 13.8. The van der Waals surface area contributed by atoms with Gasteiger partial charge in [-0.25, -0.2) is 13.6 Å². The summed E-state index contributed by atoms with van der Waals surface area (Å²) < 4.78 is 38.1. The molecule has 0 aliphatic carbocycles. The lowest BCUT2D eigenvalue weighted by Crippen LogP contribution is -2.41. The zero-order valence-corrected chi connectivity index (χ0v) is 16.5. The fraction of sp³-hybridized carbons (Fsp3) is 0.294. The minimum absolute atomic E-state index is 0.0786. The van der Waals surface area contributed by atoms with Crippen LogP contribution in [0.4, 0.5) is 8.78 Å². The highest BCUT2D eigenvalue weighted by Gasteiger charge is 2.30. The third kappa shape index (κ3) is 4.84. The van der Waals surface area contributed by atoms with Gasteiger partial charge in [0.2, 0.25) is 5.91 Å². The van der Waals surface area contributed by atoms with Crippen molar-refractivity contribution in [1.82, 2.24) is 20.4 Å². The predicted molar refractivity (Wildman–Crippen MR) is 98.6 cm³/mol. The fourth-order valence-corrected chi connectivity index (χ4v) is 2.93. The number of hydrogen-bond acceptors (Lipinski definition) is 6. The number of aromatic amines is 1. The number of esters is 1. The van der Waals surface area contributed by atoms with Crippen molar-refractivity contribution in [2.75, 3.05) is 20.8 Å². The molecular weight excluding hydrogens is 410 g/mol. The Bertz CT molecular complexity index is 1000. The van der Waals surface area contributed by atoms with Gasteiger partial charge in [-0.1, -0.05) is 6.07 Å². The second kappa shape index (κ2) is 9.39. The zero-order chi connectivity index (χ0) is 21.7. The molecule has 0 fully saturated rings. The largest absolute Gasteiger partial charge is 0.464 e. The molecule has 0 spiro atoms. The quantitative estimate of drug-likeness (QED) is 0.366. The van der Waals surface area contributed by atoms with Gasteiger partial charge in [0, 0.05) is 14.0 Å². The van der Waals surface area contributed by atoms with Gasteiger partial charge in [-0.15, -0.1) is 0 Å². The molecule has 0 saturated carbocycles. The van der Waals surface area contributed by atoms with Crippen molar-refractivity contribution >= 4 is 30.0 Å². The number of benzene rings is 1. The number of hydrogen-bond donors (Lipinski definition) is 3. The minimum atomic E-state index is -1.10. The van der Waals surface area contributed by atoms with Crippen LogP contribution in [0.5, 0.6) is 0 Å². The van der Waals surface area contributed by atoms with Crippen molar-refractivity contribution in [3.8, 4) is 0 Å². The molecule has 0 radical (unpaired) electrons. The van der Waals surface area contributed by atoms with Gasteiger partial charge in [0.25, 0.3) is 5.91 Å². The number of nitrogens with one attached hydrogen (secondary N) is 3. The van der Waals surface area contributed by atoms with Gasteiger partial charge in [0.15, 0.2) is 22.1 Å². The van der Waals surface area contributed by atoms with Gasteiger partial charge in [-0.2, -0.15) is 0 Å². The second-order valence-corrected chi connectivity index (χ2v) is 6.18. The Morgan fingerprint density at radius 2 is 1.90 bits per heavy atom.